The lowest BCUT2D eigenvalue weighted by Crippen LogP contribution is -2.25. The molecule has 1 aromatic carbocycles. The molecule has 0 aliphatic carbocycles. The van der Waals surface area contributed by atoms with Crippen LogP contribution in [-0.4, -0.2) is 18.9 Å². The maximum Gasteiger partial charge on any atom is 0.274 e. The maximum absolute atomic E-state index is 11.3. The smallest absolute Gasteiger partial charge is 0.274 e. The highest BCUT2D eigenvalue weighted by Gasteiger charge is 2.35. The summed E-state index contributed by atoms with van der Waals surface area (Å²) in [6.07, 6.45) is 0. The Balaban J connectivity index is 3.66. The number of carbonyl (C=O) groups is 1. The van der Waals surface area contributed by atoms with Crippen LogP contribution in [0.15, 0.2) is 12.1 Å². The van der Waals surface area contributed by atoms with Crippen LogP contribution in [-0.2, 0) is 15.8 Å². The number of carbonyl (C=O) groups excluding carboxylic acids is 1. The van der Waals surface area contributed by atoms with Crippen LogP contribution in [0.5, 0.6) is 0 Å². The van der Waals surface area contributed by atoms with Crippen molar-refractivity contribution < 1.29 is 18.5 Å². The Labute approximate surface area is 117 Å². The minimum atomic E-state index is -2.30. The van der Waals surface area contributed by atoms with E-state index in [9.17, 15) is 23.7 Å². The highest BCUT2D eigenvalue weighted by Crippen LogP contribution is 2.36. The van der Waals surface area contributed by atoms with Crippen molar-refractivity contribution >= 4 is 33.6 Å². The van der Waals surface area contributed by atoms with Crippen LogP contribution in [0.25, 0.3) is 0 Å². The third-order valence-electron chi connectivity index (χ3n) is 2.84. The number of halogens is 1. The first-order valence-corrected chi connectivity index (χ1v) is 6.67. The zero-order chi connectivity index (χ0) is 15.0. The molecule has 1 N–H and O–H groups in total. The lowest BCUT2D eigenvalue weighted by Gasteiger charge is -2.21. The van der Waals surface area contributed by atoms with Crippen molar-refractivity contribution in [2.45, 2.75) is 25.5 Å². The van der Waals surface area contributed by atoms with E-state index < -0.39 is 31.7 Å². The third kappa shape index (κ3) is 2.99. The molecule has 0 saturated heterocycles. The van der Waals surface area contributed by atoms with E-state index in [-0.39, 0.29) is 11.1 Å². The van der Waals surface area contributed by atoms with Gasteiger partial charge in [-0.2, -0.15) is 0 Å². The van der Waals surface area contributed by atoms with Crippen molar-refractivity contribution in [1.29, 1.82) is 0 Å². The van der Waals surface area contributed by atoms with Crippen LogP contribution in [0.3, 0.4) is 0 Å². The number of nitro benzene ring substituents is 1. The summed E-state index contributed by atoms with van der Waals surface area (Å²) in [7, 11) is 0. The van der Waals surface area contributed by atoms with Gasteiger partial charge in [-0.15, -0.1) is 0 Å². The molecule has 1 aromatic rings. The summed E-state index contributed by atoms with van der Waals surface area (Å²) in [5.74, 6) is 0. The average molecular weight is 306 g/mol. The first-order valence-electron chi connectivity index (χ1n) is 5.19. The van der Waals surface area contributed by atoms with Crippen molar-refractivity contribution in [1.82, 2.24) is 0 Å². The van der Waals surface area contributed by atoms with Crippen molar-refractivity contribution in [3.05, 3.63) is 38.9 Å². The second kappa shape index (κ2) is 5.36. The van der Waals surface area contributed by atoms with Gasteiger partial charge in [0.25, 0.3) is 10.9 Å². The summed E-state index contributed by atoms with van der Waals surface area (Å²) in [4.78, 5) is 21.5. The summed E-state index contributed by atoms with van der Waals surface area (Å²) in [6, 6.07) is 2.39. The first kappa shape index (κ1) is 15.7. The molecule has 1 unspecified atom stereocenters. The monoisotopic (exact) mass is 305 g/mol. The number of nitro groups is 1. The van der Waals surface area contributed by atoms with E-state index in [0.717, 1.165) is 6.07 Å². The fraction of sp³-hybridized carbons (Fsp3) is 0.364. The molecule has 0 aliphatic heterocycles. The van der Waals surface area contributed by atoms with Crippen LogP contribution in [0.2, 0.25) is 0 Å². The van der Waals surface area contributed by atoms with Gasteiger partial charge in [-0.1, -0.05) is 0 Å². The SMILES string of the molecule is Cc1cc(C(C)(C)S(=O)O)c([N+](=O)[O-])cc1C(=O)Cl. The standard InChI is InChI=1S/C11H12ClNO5S/c1-6-4-8(11(2,3)19(17)18)9(13(15)16)5-7(6)10(12)14/h4-5H,1-3H3,(H,17,18). The van der Waals surface area contributed by atoms with Crippen molar-refractivity contribution in [3.63, 3.8) is 0 Å². The van der Waals surface area contributed by atoms with E-state index in [0.29, 0.717) is 5.56 Å². The fourth-order valence-corrected chi connectivity index (χ4v) is 2.19. The van der Waals surface area contributed by atoms with Gasteiger partial charge >= 0.3 is 0 Å². The highest BCUT2D eigenvalue weighted by molar-refractivity contribution is 7.80. The normalized spacial score (nSPS) is 13.1. The molecule has 0 amide bonds. The summed E-state index contributed by atoms with van der Waals surface area (Å²) in [5.41, 5.74) is 0.107. The highest BCUT2D eigenvalue weighted by atomic mass is 35.5. The molecule has 0 aliphatic rings. The number of rotatable bonds is 4. The Bertz CT molecular complexity index is 585. The summed E-state index contributed by atoms with van der Waals surface area (Å²) in [5, 5.41) is 10.2. The Kier molecular flexibility index (Phi) is 4.44. The number of aryl methyl sites for hydroxylation is 1. The molecule has 19 heavy (non-hydrogen) atoms. The minimum absolute atomic E-state index is 0.0108. The van der Waals surface area contributed by atoms with Crippen molar-refractivity contribution in [3.8, 4) is 0 Å². The van der Waals surface area contributed by atoms with Crippen LogP contribution >= 0.6 is 11.6 Å². The van der Waals surface area contributed by atoms with E-state index in [1.165, 1.54) is 19.9 Å². The van der Waals surface area contributed by atoms with Crippen LogP contribution in [0.1, 0.15) is 35.3 Å². The zero-order valence-corrected chi connectivity index (χ0v) is 12.0. The predicted molar refractivity (Wildman–Crippen MR) is 71.8 cm³/mol. The summed E-state index contributed by atoms with van der Waals surface area (Å²) in [6.45, 7) is 4.37. The molecule has 1 atom stereocenters. The molecule has 0 aromatic heterocycles. The number of hydrogen-bond acceptors (Lipinski definition) is 4. The van der Waals surface area contributed by atoms with Gasteiger partial charge in [0.15, 0.2) is 11.1 Å². The van der Waals surface area contributed by atoms with Gasteiger partial charge in [0.2, 0.25) is 0 Å². The Morgan fingerprint density at radius 3 is 2.37 bits per heavy atom. The molecule has 0 spiro atoms. The number of benzene rings is 1. The Morgan fingerprint density at radius 2 is 2.00 bits per heavy atom. The second-order valence-corrected chi connectivity index (χ2v) is 6.34. The first-order chi connectivity index (χ1) is 8.59. The molecular weight excluding hydrogens is 294 g/mol. The third-order valence-corrected chi connectivity index (χ3v) is 4.13. The van der Waals surface area contributed by atoms with E-state index >= 15 is 0 Å². The van der Waals surface area contributed by atoms with Crippen molar-refractivity contribution in [2.24, 2.45) is 0 Å². The molecule has 1 rings (SSSR count). The molecule has 104 valence electrons. The lowest BCUT2D eigenvalue weighted by atomic mass is 9.95. The van der Waals surface area contributed by atoms with Gasteiger partial charge in [0, 0.05) is 11.6 Å². The van der Waals surface area contributed by atoms with Gasteiger partial charge in [0.1, 0.15) is 0 Å². The predicted octanol–water partition coefficient (Wildman–Crippen LogP) is 2.74. The quantitative estimate of drug-likeness (QED) is 0.399. The Hall–Kier alpha value is -1.31. The molecule has 0 fully saturated rings. The lowest BCUT2D eigenvalue weighted by molar-refractivity contribution is -0.385. The van der Waals surface area contributed by atoms with Crippen LogP contribution in [0.4, 0.5) is 5.69 Å². The van der Waals surface area contributed by atoms with Crippen LogP contribution in [0, 0.1) is 17.0 Å². The van der Waals surface area contributed by atoms with E-state index in [1.54, 1.807) is 6.92 Å². The molecule has 6 nitrogen and oxygen atoms in total. The molecule has 0 radical (unpaired) electrons. The molecule has 0 heterocycles. The number of nitrogens with zero attached hydrogens (tertiary/aromatic N) is 1. The van der Waals surface area contributed by atoms with E-state index in [2.05, 4.69) is 0 Å². The molecule has 0 saturated carbocycles. The zero-order valence-electron chi connectivity index (χ0n) is 10.5. The second-order valence-electron chi connectivity index (χ2n) is 4.47. The maximum atomic E-state index is 11.3. The average Bonchev–Trinajstić information content (AvgIpc) is 2.27. The van der Waals surface area contributed by atoms with Gasteiger partial charge < -0.3 is 4.55 Å². The van der Waals surface area contributed by atoms with Crippen molar-refractivity contribution in [2.75, 3.05) is 0 Å². The van der Waals surface area contributed by atoms with Gasteiger partial charge in [-0.05, 0) is 44.0 Å². The summed E-state index contributed by atoms with van der Waals surface area (Å²) < 4.78 is 19.3. The van der Waals surface area contributed by atoms with E-state index in [4.69, 9.17) is 11.6 Å². The van der Waals surface area contributed by atoms with E-state index in [1.807, 2.05) is 0 Å². The largest absolute Gasteiger partial charge is 0.305 e. The van der Waals surface area contributed by atoms with Gasteiger partial charge in [-0.25, -0.2) is 4.21 Å². The molecular formula is C11H12ClNO5S. The Morgan fingerprint density at radius 1 is 1.47 bits per heavy atom. The topological polar surface area (TPSA) is 97.5 Å². The number of hydrogen-bond donors (Lipinski definition) is 1. The fourth-order valence-electron chi connectivity index (χ4n) is 1.64. The molecule has 0 bridgehead atoms. The van der Waals surface area contributed by atoms with Gasteiger partial charge in [-0.3, -0.25) is 14.9 Å². The van der Waals surface area contributed by atoms with Gasteiger partial charge in [0.05, 0.1) is 15.2 Å². The minimum Gasteiger partial charge on any atom is -0.305 e. The van der Waals surface area contributed by atoms with Crippen LogP contribution < -0.4 is 0 Å². The molecule has 8 heteroatoms. The summed E-state index contributed by atoms with van der Waals surface area (Å²) >= 11 is 3.04.